The monoisotopic (exact) mass is 420 g/mol. The molecule has 5 heteroatoms. The van der Waals surface area contributed by atoms with Gasteiger partial charge in [-0.15, -0.1) is 0 Å². The standard InChI is InChI=1S/C26H28O5/c1-3-25(27)30-17-15-28-16-18-31-26-20(2)19-24(22-11-7-8-12-23(22)26)29-14-13-21-9-5-4-6-10-21/h3-12,19H,1,13-18H2,2H3. The maximum atomic E-state index is 11.0. The topological polar surface area (TPSA) is 54.0 Å². The predicted molar refractivity (Wildman–Crippen MR) is 122 cm³/mol. The molecule has 3 rings (SSSR count). The van der Waals surface area contributed by atoms with E-state index in [0.29, 0.717) is 26.4 Å². The number of hydrogen-bond acceptors (Lipinski definition) is 5. The van der Waals surface area contributed by atoms with E-state index in [2.05, 4.69) is 18.7 Å². The molecule has 0 amide bonds. The van der Waals surface area contributed by atoms with E-state index in [1.54, 1.807) is 0 Å². The van der Waals surface area contributed by atoms with Crippen LogP contribution in [-0.4, -0.2) is 39.0 Å². The van der Waals surface area contributed by atoms with Crippen LogP contribution in [0.4, 0.5) is 0 Å². The number of hydrogen-bond donors (Lipinski definition) is 0. The van der Waals surface area contributed by atoms with Crippen molar-refractivity contribution in [2.75, 3.05) is 33.0 Å². The van der Waals surface area contributed by atoms with Crippen molar-refractivity contribution in [1.82, 2.24) is 0 Å². The summed E-state index contributed by atoms with van der Waals surface area (Å²) in [7, 11) is 0. The van der Waals surface area contributed by atoms with Crippen LogP contribution in [0.25, 0.3) is 10.8 Å². The van der Waals surface area contributed by atoms with Gasteiger partial charge in [-0.2, -0.15) is 0 Å². The molecule has 3 aromatic carbocycles. The SMILES string of the molecule is C=CC(=O)OCCOCCOc1c(C)cc(OCCc2ccccc2)c2ccccc12. The van der Waals surface area contributed by atoms with Gasteiger partial charge in [0.15, 0.2) is 0 Å². The van der Waals surface area contributed by atoms with Crippen LogP contribution in [0.5, 0.6) is 11.5 Å². The Hall–Kier alpha value is -3.31. The molecule has 162 valence electrons. The summed E-state index contributed by atoms with van der Waals surface area (Å²) in [6.07, 6.45) is 1.98. The van der Waals surface area contributed by atoms with Gasteiger partial charge >= 0.3 is 5.97 Å². The molecule has 0 spiro atoms. The molecule has 0 aliphatic rings. The second-order valence-corrected chi connectivity index (χ2v) is 6.98. The van der Waals surface area contributed by atoms with Crippen molar-refractivity contribution in [3.63, 3.8) is 0 Å². The smallest absolute Gasteiger partial charge is 0.330 e. The summed E-state index contributed by atoms with van der Waals surface area (Å²) < 4.78 is 22.5. The highest BCUT2D eigenvalue weighted by atomic mass is 16.6. The van der Waals surface area contributed by atoms with E-state index in [0.717, 1.165) is 40.3 Å². The van der Waals surface area contributed by atoms with Gasteiger partial charge < -0.3 is 18.9 Å². The van der Waals surface area contributed by atoms with Crippen molar-refractivity contribution in [3.8, 4) is 11.5 Å². The molecule has 5 nitrogen and oxygen atoms in total. The van der Waals surface area contributed by atoms with Gasteiger partial charge in [0.05, 0.1) is 19.8 Å². The molecule has 0 aliphatic heterocycles. The summed E-state index contributed by atoms with van der Waals surface area (Å²) in [5.74, 6) is 1.23. The molecular formula is C26H28O5. The number of carbonyl (C=O) groups excluding carboxylic acids is 1. The summed E-state index contributed by atoms with van der Waals surface area (Å²) in [5.41, 5.74) is 2.26. The number of benzene rings is 3. The summed E-state index contributed by atoms with van der Waals surface area (Å²) in [5, 5.41) is 2.03. The minimum Gasteiger partial charge on any atom is -0.493 e. The summed E-state index contributed by atoms with van der Waals surface area (Å²) in [6, 6.07) is 20.4. The molecule has 0 aromatic heterocycles. The second kappa shape index (κ2) is 11.8. The van der Waals surface area contributed by atoms with Crippen molar-refractivity contribution < 1.29 is 23.7 Å². The Balaban J connectivity index is 1.57. The van der Waals surface area contributed by atoms with Crippen LogP contribution < -0.4 is 9.47 Å². The van der Waals surface area contributed by atoms with Crippen molar-refractivity contribution in [2.45, 2.75) is 13.3 Å². The Labute approximate surface area is 183 Å². The van der Waals surface area contributed by atoms with E-state index in [9.17, 15) is 4.79 Å². The number of ether oxygens (including phenoxy) is 4. The highest BCUT2D eigenvalue weighted by molar-refractivity contribution is 5.94. The fraction of sp³-hybridized carbons (Fsp3) is 0.269. The van der Waals surface area contributed by atoms with Gasteiger partial charge in [0, 0.05) is 23.3 Å². The lowest BCUT2D eigenvalue weighted by Crippen LogP contribution is -2.13. The first kappa shape index (κ1) is 22.4. The number of esters is 1. The molecule has 0 bridgehead atoms. The minimum absolute atomic E-state index is 0.196. The van der Waals surface area contributed by atoms with E-state index in [4.69, 9.17) is 18.9 Å². The largest absolute Gasteiger partial charge is 0.493 e. The van der Waals surface area contributed by atoms with Crippen LogP contribution in [0.3, 0.4) is 0 Å². The van der Waals surface area contributed by atoms with E-state index >= 15 is 0 Å². The van der Waals surface area contributed by atoms with Crippen molar-refractivity contribution in [3.05, 3.63) is 84.4 Å². The normalized spacial score (nSPS) is 10.6. The van der Waals surface area contributed by atoms with Crippen LogP contribution in [0.2, 0.25) is 0 Å². The molecule has 0 N–H and O–H groups in total. The Bertz CT molecular complexity index is 997. The molecule has 0 saturated heterocycles. The van der Waals surface area contributed by atoms with E-state index < -0.39 is 5.97 Å². The molecular weight excluding hydrogens is 392 g/mol. The first-order valence-corrected chi connectivity index (χ1v) is 10.4. The fourth-order valence-electron chi connectivity index (χ4n) is 3.25. The van der Waals surface area contributed by atoms with Gasteiger partial charge in [-0.05, 0) is 24.1 Å². The Morgan fingerprint density at radius 2 is 1.58 bits per heavy atom. The zero-order valence-electron chi connectivity index (χ0n) is 17.8. The minimum atomic E-state index is -0.451. The molecule has 0 fully saturated rings. The van der Waals surface area contributed by atoms with Crippen LogP contribution in [0, 0.1) is 6.92 Å². The lowest BCUT2D eigenvalue weighted by atomic mass is 10.0. The second-order valence-electron chi connectivity index (χ2n) is 6.98. The lowest BCUT2D eigenvalue weighted by Gasteiger charge is -2.16. The van der Waals surface area contributed by atoms with Crippen LogP contribution in [-0.2, 0) is 20.7 Å². The van der Waals surface area contributed by atoms with Gasteiger partial charge in [-0.1, -0.05) is 61.2 Å². The van der Waals surface area contributed by atoms with Gasteiger partial charge in [0.2, 0.25) is 0 Å². The number of carbonyl (C=O) groups is 1. The zero-order chi connectivity index (χ0) is 21.9. The third kappa shape index (κ3) is 6.59. The van der Waals surface area contributed by atoms with Crippen LogP contribution in [0.15, 0.2) is 73.3 Å². The number of fused-ring (bicyclic) bond motifs is 1. The highest BCUT2D eigenvalue weighted by Crippen LogP contribution is 2.36. The Kier molecular flexibility index (Phi) is 8.49. The first-order chi connectivity index (χ1) is 15.2. The summed E-state index contributed by atoms with van der Waals surface area (Å²) in [6.45, 7) is 7.28. The fourth-order valence-corrected chi connectivity index (χ4v) is 3.25. The predicted octanol–water partition coefficient (Wildman–Crippen LogP) is 4.89. The third-order valence-corrected chi connectivity index (χ3v) is 4.75. The number of aryl methyl sites for hydroxylation is 1. The van der Waals surface area contributed by atoms with Crippen LogP contribution in [0.1, 0.15) is 11.1 Å². The van der Waals surface area contributed by atoms with Crippen molar-refractivity contribution in [2.24, 2.45) is 0 Å². The van der Waals surface area contributed by atoms with E-state index in [1.165, 1.54) is 5.56 Å². The first-order valence-electron chi connectivity index (χ1n) is 10.4. The van der Waals surface area contributed by atoms with Gasteiger partial charge in [0.1, 0.15) is 24.7 Å². The highest BCUT2D eigenvalue weighted by Gasteiger charge is 2.12. The lowest BCUT2D eigenvalue weighted by molar-refractivity contribution is -0.139. The zero-order valence-corrected chi connectivity index (χ0v) is 17.8. The third-order valence-electron chi connectivity index (χ3n) is 4.75. The number of rotatable bonds is 12. The average molecular weight is 421 g/mol. The molecule has 0 heterocycles. The van der Waals surface area contributed by atoms with Crippen LogP contribution >= 0.6 is 0 Å². The quantitative estimate of drug-likeness (QED) is 0.237. The average Bonchev–Trinajstić information content (AvgIpc) is 2.80. The molecule has 0 unspecified atom stereocenters. The molecule has 3 aromatic rings. The maximum absolute atomic E-state index is 11.0. The van der Waals surface area contributed by atoms with Crippen molar-refractivity contribution >= 4 is 16.7 Å². The van der Waals surface area contributed by atoms with E-state index in [-0.39, 0.29) is 6.61 Å². The Morgan fingerprint density at radius 1 is 0.871 bits per heavy atom. The summed E-state index contributed by atoms with van der Waals surface area (Å²) in [4.78, 5) is 11.0. The molecule has 0 atom stereocenters. The van der Waals surface area contributed by atoms with Gasteiger partial charge in [0.25, 0.3) is 0 Å². The molecule has 0 radical (unpaired) electrons. The van der Waals surface area contributed by atoms with Gasteiger partial charge in [-0.25, -0.2) is 4.79 Å². The van der Waals surface area contributed by atoms with Crippen molar-refractivity contribution in [1.29, 1.82) is 0 Å². The summed E-state index contributed by atoms with van der Waals surface area (Å²) >= 11 is 0. The Morgan fingerprint density at radius 3 is 2.35 bits per heavy atom. The molecule has 31 heavy (non-hydrogen) atoms. The van der Waals surface area contributed by atoms with E-state index in [1.807, 2.05) is 55.5 Å². The molecule has 0 aliphatic carbocycles. The molecule has 0 saturated carbocycles. The maximum Gasteiger partial charge on any atom is 0.330 e. The van der Waals surface area contributed by atoms with Gasteiger partial charge in [-0.3, -0.25) is 0 Å².